The molecule has 5 heteroatoms. The van der Waals surface area contributed by atoms with Gasteiger partial charge in [-0.1, -0.05) is 19.9 Å². The van der Waals surface area contributed by atoms with Crippen LogP contribution in [0.4, 0.5) is 0 Å². The number of nitrogens with zero attached hydrogens (tertiary/aromatic N) is 1. The molecule has 2 atom stereocenters. The van der Waals surface area contributed by atoms with Crippen molar-refractivity contribution >= 4 is 18.3 Å². The Bertz CT molecular complexity index is 493. The second-order valence-corrected chi connectivity index (χ2v) is 6.21. The summed E-state index contributed by atoms with van der Waals surface area (Å²) >= 11 is 0. The molecule has 1 aromatic carbocycles. The van der Waals surface area contributed by atoms with Crippen molar-refractivity contribution in [3.05, 3.63) is 29.8 Å². The van der Waals surface area contributed by atoms with Crippen LogP contribution in [0.3, 0.4) is 0 Å². The van der Waals surface area contributed by atoms with Crippen LogP contribution in [0.1, 0.15) is 38.1 Å². The van der Waals surface area contributed by atoms with E-state index in [1.807, 2.05) is 29.2 Å². The lowest BCUT2D eigenvalue weighted by atomic mass is 10.1. The van der Waals surface area contributed by atoms with Crippen LogP contribution in [0.5, 0.6) is 5.75 Å². The molecule has 1 saturated heterocycles. The number of amides is 1. The third kappa shape index (κ3) is 4.62. The van der Waals surface area contributed by atoms with E-state index >= 15 is 0 Å². The zero-order chi connectivity index (χ0) is 15.4. The molecule has 124 valence electrons. The highest BCUT2D eigenvalue weighted by Gasteiger charge is 2.28. The van der Waals surface area contributed by atoms with E-state index < -0.39 is 0 Å². The van der Waals surface area contributed by atoms with E-state index in [1.54, 1.807) is 0 Å². The van der Waals surface area contributed by atoms with Crippen molar-refractivity contribution < 1.29 is 9.53 Å². The van der Waals surface area contributed by atoms with Gasteiger partial charge in [-0.2, -0.15) is 0 Å². The van der Waals surface area contributed by atoms with Crippen molar-refractivity contribution in [1.82, 2.24) is 10.2 Å². The van der Waals surface area contributed by atoms with Crippen molar-refractivity contribution in [3.8, 4) is 5.75 Å². The largest absolute Gasteiger partial charge is 0.493 e. The minimum Gasteiger partial charge on any atom is -0.493 e. The van der Waals surface area contributed by atoms with Gasteiger partial charge < -0.3 is 15.0 Å². The van der Waals surface area contributed by atoms with E-state index in [1.165, 1.54) is 0 Å². The summed E-state index contributed by atoms with van der Waals surface area (Å²) in [4.78, 5) is 14.6. The number of rotatable bonds is 4. The van der Waals surface area contributed by atoms with Crippen LogP contribution < -0.4 is 10.1 Å². The fourth-order valence-electron chi connectivity index (χ4n) is 2.49. The molecule has 1 fully saturated rings. The highest BCUT2D eigenvalue weighted by Crippen LogP contribution is 2.18. The number of halogens is 1. The summed E-state index contributed by atoms with van der Waals surface area (Å²) in [5, 5.41) is 3.39. The Kier molecular flexibility index (Phi) is 7.17. The van der Waals surface area contributed by atoms with Crippen LogP contribution >= 0.6 is 12.4 Å². The van der Waals surface area contributed by atoms with Gasteiger partial charge in [-0.25, -0.2) is 0 Å². The van der Waals surface area contributed by atoms with Crippen molar-refractivity contribution in [2.75, 3.05) is 19.7 Å². The van der Waals surface area contributed by atoms with Gasteiger partial charge in [0, 0.05) is 30.7 Å². The molecule has 1 aliphatic heterocycles. The third-order valence-electron chi connectivity index (χ3n) is 3.96. The molecule has 4 nitrogen and oxygen atoms in total. The first-order valence-corrected chi connectivity index (χ1v) is 7.76. The summed E-state index contributed by atoms with van der Waals surface area (Å²) in [7, 11) is 0. The number of hydrogen-bond donors (Lipinski definition) is 1. The van der Waals surface area contributed by atoms with E-state index in [9.17, 15) is 4.79 Å². The summed E-state index contributed by atoms with van der Waals surface area (Å²) in [5.74, 6) is 1.33. The first kappa shape index (κ1) is 18.8. The lowest BCUT2D eigenvalue weighted by Crippen LogP contribution is -2.57. The monoisotopic (exact) mass is 326 g/mol. The molecule has 1 aromatic rings. The molecule has 1 heterocycles. The summed E-state index contributed by atoms with van der Waals surface area (Å²) in [6.07, 6.45) is 0. The van der Waals surface area contributed by atoms with Crippen molar-refractivity contribution in [3.63, 3.8) is 0 Å². The molecule has 0 aliphatic carbocycles. The van der Waals surface area contributed by atoms with Crippen molar-refractivity contribution in [1.29, 1.82) is 0 Å². The van der Waals surface area contributed by atoms with Gasteiger partial charge in [0.2, 0.25) is 0 Å². The molecule has 0 spiro atoms. The number of piperazine rings is 1. The van der Waals surface area contributed by atoms with Crippen molar-refractivity contribution in [2.45, 2.75) is 39.8 Å². The first-order valence-electron chi connectivity index (χ1n) is 7.76. The van der Waals surface area contributed by atoms with E-state index in [0.717, 1.165) is 18.8 Å². The van der Waals surface area contributed by atoms with Gasteiger partial charge in [0.1, 0.15) is 5.75 Å². The Balaban J connectivity index is 0.00000242. The number of carbonyl (C=O) groups is 1. The van der Waals surface area contributed by atoms with Gasteiger partial charge in [0.25, 0.3) is 5.91 Å². The predicted molar refractivity (Wildman–Crippen MR) is 92.0 cm³/mol. The maximum Gasteiger partial charge on any atom is 0.254 e. The molecule has 1 aliphatic rings. The van der Waals surface area contributed by atoms with Gasteiger partial charge in [-0.3, -0.25) is 4.79 Å². The Morgan fingerprint density at radius 1 is 1.41 bits per heavy atom. The highest BCUT2D eigenvalue weighted by molar-refractivity contribution is 5.95. The average Bonchev–Trinajstić information content (AvgIpc) is 2.47. The second kappa shape index (κ2) is 8.39. The number of carbonyl (C=O) groups excluding carboxylic acids is 1. The molecule has 2 unspecified atom stereocenters. The van der Waals surface area contributed by atoms with E-state index in [2.05, 4.69) is 33.0 Å². The number of ether oxygens (including phenoxy) is 1. The van der Waals surface area contributed by atoms with Gasteiger partial charge in [0.15, 0.2) is 0 Å². The Labute approximate surface area is 139 Å². The molecule has 1 amide bonds. The normalized spacial score (nSPS) is 21.4. The third-order valence-corrected chi connectivity index (χ3v) is 3.96. The smallest absolute Gasteiger partial charge is 0.254 e. The average molecular weight is 327 g/mol. The van der Waals surface area contributed by atoms with Crippen molar-refractivity contribution in [2.24, 2.45) is 5.92 Å². The molecule has 22 heavy (non-hydrogen) atoms. The maximum absolute atomic E-state index is 12.7. The van der Waals surface area contributed by atoms with E-state index in [4.69, 9.17) is 4.74 Å². The standard InChI is InChI=1S/C17H26N2O2.ClH/c1-12(2)11-21-16-7-5-6-15(10-16)17(20)19-9-8-18-13(3)14(19)4;/h5-7,10,12-14,18H,8-9,11H2,1-4H3;1H. The molecule has 0 saturated carbocycles. The van der Waals surface area contributed by atoms with Crippen LogP contribution in [0.2, 0.25) is 0 Å². The fraction of sp³-hybridized carbons (Fsp3) is 0.588. The first-order chi connectivity index (χ1) is 9.99. The van der Waals surface area contributed by atoms with Crippen LogP contribution in [-0.4, -0.2) is 42.6 Å². The number of benzene rings is 1. The van der Waals surface area contributed by atoms with Crippen LogP contribution in [0.15, 0.2) is 24.3 Å². The van der Waals surface area contributed by atoms with Gasteiger partial charge in [0.05, 0.1) is 6.61 Å². The molecule has 0 radical (unpaired) electrons. The summed E-state index contributed by atoms with van der Waals surface area (Å²) < 4.78 is 5.71. The molecular formula is C17H27ClN2O2. The maximum atomic E-state index is 12.7. The number of nitrogens with one attached hydrogen (secondary N) is 1. The van der Waals surface area contributed by atoms with Crippen LogP contribution in [-0.2, 0) is 0 Å². The predicted octanol–water partition coefficient (Wildman–Crippen LogP) is 2.97. The molecule has 0 aromatic heterocycles. The molecule has 1 N–H and O–H groups in total. The number of hydrogen-bond acceptors (Lipinski definition) is 3. The zero-order valence-electron chi connectivity index (χ0n) is 13.8. The van der Waals surface area contributed by atoms with E-state index in [0.29, 0.717) is 24.1 Å². The summed E-state index contributed by atoms with van der Waals surface area (Å²) in [6.45, 7) is 10.7. The van der Waals surface area contributed by atoms with Gasteiger partial charge in [-0.15, -0.1) is 12.4 Å². The molecular weight excluding hydrogens is 300 g/mol. The minimum absolute atomic E-state index is 0. The Hall–Kier alpha value is -1.26. The van der Waals surface area contributed by atoms with Crippen LogP contribution in [0, 0.1) is 5.92 Å². The zero-order valence-corrected chi connectivity index (χ0v) is 14.7. The molecule has 2 rings (SSSR count). The minimum atomic E-state index is 0. The fourth-order valence-corrected chi connectivity index (χ4v) is 2.49. The van der Waals surface area contributed by atoms with E-state index in [-0.39, 0.29) is 24.4 Å². The lowest BCUT2D eigenvalue weighted by molar-refractivity contribution is 0.0602. The van der Waals surface area contributed by atoms with Crippen LogP contribution in [0.25, 0.3) is 0 Å². The SMILES string of the molecule is CC(C)COc1cccc(C(=O)N2CCNC(C)C2C)c1.Cl. The Morgan fingerprint density at radius 2 is 2.14 bits per heavy atom. The Morgan fingerprint density at radius 3 is 2.82 bits per heavy atom. The summed E-state index contributed by atoms with van der Waals surface area (Å²) in [6, 6.07) is 8.03. The molecule has 0 bridgehead atoms. The quantitative estimate of drug-likeness (QED) is 0.925. The highest BCUT2D eigenvalue weighted by atomic mass is 35.5. The summed E-state index contributed by atoms with van der Waals surface area (Å²) in [5.41, 5.74) is 0.706. The van der Waals surface area contributed by atoms with Gasteiger partial charge >= 0.3 is 0 Å². The topological polar surface area (TPSA) is 41.6 Å². The van der Waals surface area contributed by atoms with Gasteiger partial charge in [-0.05, 0) is 38.0 Å². The second-order valence-electron chi connectivity index (χ2n) is 6.21. The lowest BCUT2D eigenvalue weighted by Gasteiger charge is -2.38.